The van der Waals surface area contributed by atoms with Gasteiger partial charge in [-0.25, -0.2) is 0 Å². The minimum atomic E-state index is -4.74. The van der Waals surface area contributed by atoms with Crippen LogP contribution >= 0.6 is 23.2 Å². The Balaban J connectivity index is 2.33. The molecule has 2 aromatic rings. The van der Waals surface area contributed by atoms with Gasteiger partial charge < -0.3 is 4.74 Å². The first-order valence-electron chi connectivity index (χ1n) is 8.16. The first-order chi connectivity index (χ1) is 12.3. The van der Waals surface area contributed by atoms with Gasteiger partial charge in [-0.3, -0.25) is 4.79 Å². The molecular weight excluding hydrogens is 400 g/mol. The van der Waals surface area contributed by atoms with E-state index in [-0.39, 0.29) is 17.5 Å². The Hall–Kier alpha value is -1.72. The van der Waals surface area contributed by atoms with Crippen molar-refractivity contribution in [3.63, 3.8) is 0 Å². The minimum Gasteiger partial charge on any atom is -0.460 e. The van der Waals surface area contributed by atoms with E-state index < -0.39 is 22.6 Å². The second kappa shape index (κ2) is 7.72. The van der Waals surface area contributed by atoms with Crippen molar-refractivity contribution in [2.45, 2.75) is 43.8 Å². The van der Waals surface area contributed by atoms with Crippen molar-refractivity contribution in [3.8, 4) is 0 Å². The van der Waals surface area contributed by atoms with Crippen molar-refractivity contribution in [1.29, 1.82) is 0 Å². The Labute approximate surface area is 166 Å². The number of hydrogen-bond donors (Lipinski definition) is 0. The number of carbonyl (C=O) groups excluding carboxylic acids is 1. The normalized spacial score (nSPS) is 14.5. The van der Waals surface area contributed by atoms with Crippen LogP contribution in [0.2, 0.25) is 5.02 Å². The molecule has 1 atom stereocenters. The Bertz CT molecular complexity index is 794. The molecule has 0 fully saturated rings. The smallest absolute Gasteiger partial charge is 0.415 e. The number of carbonyl (C=O) groups is 1. The minimum absolute atomic E-state index is 0.0419. The summed E-state index contributed by atoms with van der Waals surface area (Å²) in [5.74, 6) is -0.457. The van der Waals surface area contributed by atoms with E-state index in [2.05, 4.69) is 0 Å². The predicted molar refractivity (Wildman–Crippen MR) is 100 cm³/mol. The van der Waals surface area contributed by atoms with E-state index in [1.807, 2.05) is 0 Å². The van der Waals surface area contributed by atoms with Gasteiger partial charge in [0.1, 0.15) is 5.60 Å². The van der Waals surface area contributed by atoms with Crippen molar-refractivity contribution < 1.29 is 22.7 Å². The molecule has 2 aromatic carbocycles. The third-order valence-electron chi connectivity index (χ3n) is 3.75. The van der Waals surface area contributed by atoms with Crippen LogP contribution in [-0.2, 0) is 20.8 Å². The van der Waals surface area contributed by atoms with Gasteiger partial charge >= 0.3 is 12.1 Å². The summed E-state index contributed by atoms with van der Waals surface area (Å²) in [7, 11) is 0. The molecule has 0 saturated carbocycles. The van der Waals surface area contributed by atoms with E-state index in [4.69, 9.17) is 27.9 Å². The quantitative estimate of drug-likeness (QED) is 0.431. The summed E-state index contributed by atoms with van der Waals surface area (Å²) in [5.41, 5.74) is -0.383. The maximum atomic E-state index is 13.8. The second-order valence-electron chi connectivity index (χ2n) is 7.12. The zero-order chi connectivity index (χ0) is 20.5. The highest BCUT2D eigenvalue weighted by atomic mass is 35.5. The number of halogens is 5. The van der Waals surface area contributed by atoms with Crippen LogP contribution in [0.25, 0.3) is 0 Å². The molecule has 0 amide bonds. The highest BCUT2D eigenvalue weighted by Gasteiger charge is 2.56. The monoisotopic (exact) mass is 418 g/mol. The van der Waals surface area contributed by atoms with Gasteiger partial charge in [-0.1, -0.05) is 59.6 Å². The summed E-state index contributed by atoms with van der Waals surface area (Å²) in [6.07, 6.45) is -4.78. The Morgan fingerprint density at radius 1 is 0.926 bits per heavy atom. The summed E-state index contributed by atoms with van der Waals surface area (Å²) in [4.78, 5) is 9.16. The van der Waals surface area contributed by atoms with Crippen LogP contribution in [0, 0.1) is 0 Å². The lowest BCUT2D eigenvalue weighted by molar-refractivity contribution is -0.155. The van der Waals surface area contributed by atoms with E-state index >= 15 is 0 Å². The van der Waals surface area contributed by atoms with Crippen LogP contribution in [0.4, 0.5) is 13.2 Å². The fraction of sp³-hybridized carbons (Fsp3) is 0.350. The average Bonchev–Trinajstić information content (AvgIpc) is 2.52. The number of benzene rings is 2. The standard InChI is InChI=1S/C20H19Cl2F3O2/c1-18(2,3)27-17(26)12-13-4-6-14(7-5-13)19(22,20(23,24)25)15-8-10-16(21)11-9-15/h4-11H,12H2,1-3H3. The molecule has 146 valence electrons. The molecule has 0 bridgehead atoms. The van der Waals surface area contributed by atoms with Gasteiger partial charge in [0.25, 0.3) is 0 Å². The third kappa shape index (κ3) is 5.17. The molecule has 0 aromatic heterocycles. The zero-order valence-electron chi connectivity index (χ0n) is 15.0. The number of rotatable bonds is 4. The maximum Gasteiger partial charge on any atom is 0.415 e. The lowest BCUT2D eigenvalue weighted by Gasteiger charge is -2.31. The van der Waals surface area contributed by atoms with E-state index in [0.717, 1.165) is 0 Å². The van der Waals surface area contributed by atoms with Gasteiger partial charge in [-0.05, 0) is 49.6 Å². The summed E-state index contributed by atoms with van der Waals surface area (Å²) in [6.45, 7) is 5.22. The zero-order valence-corrected chi connectivity index (χ0v) is 16.5. The molecule has 0 N–H and O–H groups in total. The van der Waals surface area contributed by atoms with Gasteiger partial charge in [-0.2, -0.15) is 13.2 Å². The van der Waals surface area contributed by atoms with Crippen LogP contribution in [0.3, 0.4) is 0 Å². The first-order valence-corrected chi connectivity index (χ1v) is 8.91. The molecule has 7 heteroatoms. The summed E-state index contributed by atoms with van der Waals surface area (Å²) in [6, 6.07) is 10.6. The molecular formula is C20H19Cl2F3O2. The molecule has 0 aliphatic carbocycles. The molecule has 2 rings (SSSR count). The molecule has 0 aliphatic heterocycles. The fourth-order valence-corrected chi connectivity index (χ4v) is 2.95. The molecule has 0 saturated heterocycles. The van der Waals surface area contributed by atoms with Gasteiger partial charge in [-0.15, -0.1) is 0 Å². The molecule has 0 radical (unpaired) electrons. The van der Waals surface area contributed by atoms with Crippen molar-refractivity contribution in [1.82, 2.24) is 0 Å². The van der Waals surface area contributed by atoms with Gasteiger partial charge in [0, 0.05) is 5.02 Å². The SMILES string of the molecule is CC(C)(C)OC(=O)Cc1ccc(C(Cl)(c2ccc(Cl)cc2)C(F)(F)F)cc1. The highest BCUT2D eigenvalue weighted by Crippen LogP contribution is 2.49. The molecule has 27 heavy (non-hydrogen) atoms. The molecule has 0 heterocycles. The fourth-order valence-electron chi connectivity index (χ4n) is 2.57. The Morgan fingerprint density at radius 3 is 1.78 bits per heavy atom. The predicted octanol–water partition coefficient (Wildman–Crippen LogP) is 6.27. The molecule has 1 unspecified atom stereocenters. The summed E-state index contributed by atoms with van der Waals surface area (Å²) >= 11 is 11.9. The van der Waals surface area contributed by atoms with Crippen LogP contribution in [0.1, 0.15) is 37.5 Å². The molecule has 2 nitrogen and oxygen atoms in total. The van der Waals surface area contributed by atoms with Crippen LogP contribution in [-0.4, -0.2) is 17.7 Å². The van der Waals surface area contributed by atoms with Crippen molar-refractivity contribution in [2.24, 2.45) is 0 Å². The van der Waals surface area contributed by atoms with E-state index in [1.165, 1.54) is 48.5 Å². The van der Waals surface area contributed by atoms with E-state index in [0.29, 0.717) is 10.6 Å². The Morgan fingerprint density at radius 2 is 1.37 bits per heavy atom. The van der Waals surface area contributed by atoms with E-state index in [1.54, 1.807) is 20.8 Å². The number of ether oxygens (including phenoxy) is 1. The van der Waals surface area contributed by atoms with Crippen molar-refractivity contribution >= 4 is 29.2 Å². The van der Waals surface area contributed by atoms with Crippen molar-refractivity contribution in [3.05, 3.63) is 70.2 Å². The van der Waals surface area contributed by atoms with Gasteiger partial charge in [0.05, 0.1) is 6.42 Å². The third-order valence-corrected chi connectivity index (χ3v) is 4.66. The lowest BCUT2D eigenvalue weighted by atomic mass is 9.89. The molecule has 0 aliphatic rings. The number of alkyl halides is 4. The average molecular weight is 419 g/mol. The second-order valence-corrected chi connectivity index (χ2v) is 8.13. The van der Waals surface area contributed by atoms with Gasteiger partial charge in [0.2, 0.25) is 0 Å². The Kier molecular flexibility index (Phi) is 6.17. The highest BCUT2D eigenvalue weighted by molar-refractivity contribution is 6.30. The lowest BCUT2D eigenvalue weighted by Crippen LogP contribution is -2.38. The van der Waals surface area contributed by atoms with Gasteiger partial charge in [0.15, 0.2) is 4.87 Å². The van der Waals surface area contributed by atoms with Crippen molar-refractivity contribution in [2.75, 3.05) is 0 Å². The van der Waals surface area contributed by atoms with Crippen LogP contribution in [0.15, 0.2) is 48.5 Å². The van der Waals surface area contributed by atoms with E-state index in [9.17, 15) is 18.0 Å². The maximum absolute atomic E-state index is 13.8. The summed E-state index contributed by atoms with van der Waals surface area (Å²) in [5, 5.41) is 0.313. The van der Waals surface area contributed by atoms with Crippen LogP contribution < -0.4 is 0 Å². The first kappa shape index (κ1) is 21.6. The largest absolute Gasteiger partial charge is 0.460 e. The van der Waals surface area contributed by atoms with Crippen LogP contribution in [0.5, 0.6) is 0 Å². The number of hydrogen-bond acceptors (Lipinski definition) is 2. The molecule has 0 spiro atoms. The topological polar surface area (TPSA) is 26.3 Å². The summed E-state index contributed by atoms with van der Waals surface area (Å²) < 4.78 is 46.7. The number of esters is 1.